The lowest BCUT2D eigenvalue weighted by Gasteiger charge is -2.70. The zero-order chi connectivity index (χ0) is 22.8. The van der Waals surface area contributed by atoms with Crippen LogP contribution in [0.5, 0.6) is 0 Å². The molecule has 0 saturated heterocycles. The molecule has 0 aliphatic heterocycles. The minimum Gasteiger partial charge on any atom is -0.393 e. The first-order valence-corrected chi connectivity index (χ1v) is 13.7. The fraction of sp³-hybridized carbons (Fsp3) is 0.933. The highest BCUT2D eigenvalue weighted by Crippen LogP contribution is 2.75. The van der Waals surface area contributed by atoms with Crippen molar-refractivity contribution in [2.45, 2.75) is 126 Å². The lowest BCUT2D eigenvalue weighted by Crippen LogP contribution is -2.63. The van der Waals surface area contributed by atoms with Crippen LogP contribution >= 0.6 is 0 Å². The molecule has 4 rings (SSSR count). The first-order valence-electron chi connectivity index (χ1n) is 13.7. The molecule has 7 unspecified atom stereocenters. The van der Waals surface area contributed by atoms with Crippen LogP contribution in [-0.4, -0.2) is 11.2 Å². The SMILES string of the molecule is CC(C)=CCCC(C)C1CC[C@]2(C)C1CC[C@@H]1C3(C)CCC(O)C(C)(C)C3CCC12C. The Hall–Kier alpha value is -0.300. The van der Waals surface area contributed by atoms with Crippen molar-refractivity contribution in [2.24, 2.45) is 51.2 Å². The van der Waals surface area contributed by atoms with Crippen molar-refractivity contribution in [1.29, 1.82) is 0 Å². The number of fused-ring (bicyclic) bond motifs is 5. The summed E-state index contributed by atoms with van der Waals surface area (Å²) in [5, 5.41) is 10.8. The van der Waals surface area contributed by atoms with E-state index in [0.29, 0.717) is 22.2 Å². The standard InChI is InChI=1S/C30H52O/c1-20(2)10-9-11-21(3)22-14-18-29(7)23(22)12-13-25-28(6)17-16-26(31)27(4,5)24(28)15-19-30(25,29)8/h10,21-26,31H,9,11-19H2,1-8H3/t21?,22?,23?,24?,25-,26?,28?,29-,30?/m1/s1. The average molecular weight is 429 g/mol. The molecule has 4 fully saturated rings. The van der Waals surface area contributed by atoms with Crippen LogP contribution in [0, 0.1) is 51.2 Å². The van der Waals surface area contributed by atoms with E-state index in [0.717, 1.165) is 30.1 Å². The Balaban J connectivity index is 1.58. The molecule has 1 heteroatoms. The normalized spacial score (nSPS) is 49.5. The third kappa shape index (κ3) is 3.41. The maximum Gasteiger partial charge on any atom is 0.0594 e. The van der Waals surface area contributed by atoms with Crippen molar-refractivity contribution >= 4 is 0 Å². The highest BCUT2D eigenvalue weighted by Gasteiger charge is 2.68. The molecule has 0 heterocycles. The zero-order valence-electron chi connectivity index (χ0n) is 22.1. The molecule has 0 radical (unpaired) electrons. The largest absolute Gasteiger partial charge is 0.393 e. The van der Waals surface area contributed by atoms with Gasteiger partial charge in [-0.25, -0.2) is 0 Å². The van der Waals surface area contributed by atoms with Crippen LogP contribution < -0.4 is 0 Å². The van der Waals surface area contributed by atoms with Crippen LogP contribution in [0.4, 0.5) is 0 Å². The Kier molecular flexibility index (Phi) is 6.07. The van der Waals surface area contributed by atoms with Gasteiger partial charge in [0.15, 0.2) is 0 Å². The minimum atomic E-state index is -0.112. The molecule has 4 aliphatic rings. The molecule has 178 valence electrons. The van der Waals surface area contributed by atoms with Gasteiger partial charge in [0.05, 0.1) is 6.10 Å². The first-order chi connectivity index (χ1) is 14.4. The maximum atomic E-state index is 10.8. The Morgan fingerprint density at radius 1 is 0.871 bits per heavy atom. The van der Waals surface area contributed by atoms with Crippen molar-refractivity contribution in [3.8, 4) is 0 Å². The summed E-state index contributed by atoms with van der Waals surface area (Å²) >= 11 is 0. The van der Waals surface area contributed by atoms with Crippen molar-refractivity contribution in [3.63, 3.8) is 0 Å². The summed E-state index contributed by atoms with van der Waals surface area (Å²) in [7, 11) is 0. The van der Waals surface area contributed by atoms with Crippen molar-refractivity contribution < 1.29 is 5.11 Å². The van der Waals surface area contributed by atoms with E-state index in [1.165, 1.54) is 63.4 Å². The molecule has 1 nitrogen and oxygen atoms in total. The van der Waals surface area contributed by atoms with Gasteiger partial charge in [0, 0.05) is 0 Å². The predicted octanol–water partition coefficient (Wildman–Crippen LogP) is 8.41. The molecule has 0 bridgehead atoms. The van der Waals surface area contributed by atoms with E-state index in [9.17, 15) is 5.11 Å². The zero-order valence-corrected chi connectivity index (χ0v) is 22.1. The molecule has 0 aromatic carbocycles. The van der Waals surface area contributed by atoms with E-state index in [1.807, 2.05) is 0 Å². The average Bonchev–Trinajstić information content (AvgIpc) is 3.03. The van der Waals surface area contributed by atoms with E-state index >= 15 is 0 Å². The first kappa shape index (κ1) is 23.8. The molecule has 31 heavy (non-hydrogen) atoms. The lowest BCUT2D eigenvalue weighted by molar-refractivity contribution is -0.222. The summed E-state index contributed by atoms with van der Waals surface area (Å²) in [5.74, 6) is 4.24. The minimum absolute atomic E-state index is 0.0731. The maximum absolute atomic E-state index is 10.8. The van der Waals surface area contributed by atoms with Gasteiger partial charge in [-0.2, -0.15) is 0 Å². The number of hydrogen-bond donors (Lipinski definition) is 1. The molecule has 0 amide bonds. The van der Waals surface area contributed by atoms with Gasteiger partial charge in [0.1, 0.15) is 0 Å². The molecule has 0 aromatic rings. The molecular formula is C30H52O. The molecular weight excluding hydrogens is 376 g/mol. The van der Waals surface area contributed by atoms with Gasteiger partial charge >= 0.3 is 0 Å². The molecule has 9 atom stereocenters. The van der Waals surface area contributed by atoms with Gasteiger partial charge in [-0.05, 0) is 129 Å². The highest BCUT2D eigenvalue weighted by molar-refractivity contribution is 5.17. The highest BCUT2D eigenvalue weighted by atomic mass is 16.3. The van der Waals surface area contributed by atoms with Gasteiger partial charge in [-0.15, -0.1) is 0 Å². The van der Waals surface area contributed by atoms with Gasteiger partial charge in [-0.3, -0.25) is 0 Å². The van der Waals surface area contributed by atoms with Crippen molar-refractivity contribution in [3.05, 3.63) is 11.6 Å². The van der Waals surface area contributed by atoms with E-state index in [-0.39, 0.29) is 11.5 Å². The predicted molar refractivity (Wildman–Crippen MR) is 133 cm³/mol. The Morgan fingerprint density at radius 2 is 1.55 bits per heavy atom. The second kappa shape index (κ2) is 7.89. The Bertz CT molecular complexity index is 701. The monoisotopic (exact) mass is 428 g/mol. The summed E-state index contributed by atoms with van der Waals surface area (Å²) < 4.78 is 0. The molecule has 1 N–H and O–H groups in total. The van der Waals surface area contributed by atoms with E-state index < -0.39 is 0 Å². The van der Waals surface area contributed by atoms with Crippen LogP contribution in [0.15, 0.2) is 11.6 Å². The van der Waals surface area contributed by atoms with Crippen LogP contribution in [0.1, 0.15) is 120 Å². The van der Waals surface area contributed by atoms with Gasteiger partial charge in [-0.1, -0.05) is 53.2 Å². The second-order valence-corrected chi connectivity index (χ2v) is 14.1. The smallest absolute Gasteiger partial charge is 0.0594 e. The second-order valence-electron chi connectivity index (χ2n) is 14.1. The van der Waals surface area contributed by atoms with Gasteiger partial charge < -0.3 is 5.11 Å². The number of hydrogen-bond acceptors (Lipinski definition) is 1. The van der Waals surface area contributed by atoms with Gasteiger partial charge in [0.2, 0.25) is 0 Å². The molecule has 0 aromatic heterocycles. The number of aliphatic hydroxyl groups is 1. The van der Waals surface area contributed by atoms with E-state index in [2.05, 4.69) is 61.5 Å². The number of allylic oxidation sites excluding steroid dienone is 2. The van der Waals surface area contributed by atoms with Crippen molar-refractivity contribution in [1.82, 2.24) is 0 Å². The van der Waals surface area contributed by atoms with Crippen molar-refractivity contribution in [2.75, 3.05) is 0 Å². The van der Waals surface area contributed by atoms with E-state index in [4.69, 9.17) is 0 Å². The fourth-order valence-electron chi connectivity index (χ4n) is 10.3. The molecule has 4 aliphatic carbocycles. The Labute approximate surface area is 193 Å². The third-order valence-electron chi connectivity index (χ3n) is 12.3. The fourth-order valence-corrected chi connectivity index (χ4v) is 10.3. The Morgan fingerprint density at radius 3 is 2.23 bits per heavy atom. The summed E-state index contributed by atoms with van der Waals surface area (Å²) in [4.78, 5) is 0. The summed E-state index contributed by atoms with van der Waals surface area (Å²) in [5.41, 5.74) is 2.95. The van der Waals surface area contributed by atoms with Crippen LogP contribution in [-0.2, 0) is 0 Å². The van der Waals surface area contributed by atoms with E-state index in [1.54, 1.807) is 0 Å². The van der Waals surface area contributed by atoms with Crippen LogP contribution in [0.3, 0.4) is 0 Å². The summed E-state index contributed by atoms with van der Waals surface area (Å²) in [6.07, 6.45) is 15.8. The summed E-state index contributed by atoms with van der Waals surface area (Å²) in [6.45, 7) is 19.9. The molecule has 4 saturated carbocycles. The van der Waals surface area contributed by atoms with Crippen LogP contribution in [0.2, 0.25) is 0 Å². The topological polar surface area (TPSA) is 20.2 Å². The summed E-state index contributed by atoms with van der Waals surface area (Å²) in [6, 6.07) is 0. The van der Waals surface area contributed by atoms with Crippen LogP contribution in [0.25, 0.3) is 0 Å². The third-order valence-corrected chi connectivity index (χ3v) is 12.3. The van der Waals surface area contributed by atoms with Gasteiger partial charge in [0.25, 0.3) is 0 Å². The molecule has 0 spiro atoms. The number of rotatable bonds is 4. The quantitative estimate of drug-likeness (QED) is 0.445. The number of aliphatic hydroxyl groups excluding tert-OH is 1. The lowest BCUT2D eigenvalue weighted by atomic mass is 9.35.